The van der Waals surface area contributed by atoms with Crippen LogP contribution in [0.3, 0.4) is 0 Å². The maximum atomic E-state index is 11.4. The third kappa shape index (κ3) is 3.01. The number of rotatable bonds is 3. The molecule has 4 rings (SSSR count). The van der Waals surface area contributed by atoms with E-state index < -0.39 is 12.0 Å². The first-order valence-electron chi connectivity index (χ1n) is 7.74. The number of pyridine rings is 1. The van der Waals surface area contributed by atoms with Gasteiger partial charge < -0.3 is 15.4 Å². The highest BCUT2D eigenvalue weighted by Crippen LogP contribution is 2.22. The molecule has 3 aromatic heterocycles. The molecule has 4 heterocycles. The van der Waals surface area contributed by atoms with Crippen molar-refractivity contribution in [1.29, 1.82) is 0 Å². The van der Waals surface area contributed by atoms with Crippen LogP contribution in [0, 0.1) is 0 Å². The summed E-state index contributed by atoms with van der Waals surface area (Å²) in [6.07, 6.45) is 4.52. The van der Waals surface area contributed by atoms with Crippen LogP contribution in [0.15, 0.2) is 36.8 Å². The molecule has 1 amide bonds. The van der Waals surface area contributed by atoms with Crippen molar-refractivity contribution in [1.82, 2.24) is 19.4 Å². The number of halogens is 1. The van der Waals surface area contributed by atoms with E-state index in [1.165, 1.54) is 0 Å². The third-order valence-electron chi connectivity index (χ3n) is 4.05. The molecule has 9 heteroatoms. The maximum Gasteiger partial charge on any atom is 0.248 e. The van der Waals surface area contributed by atoms with Crippen molar-refractivity contribution in [3.63, 3.8) is 0 Å². The second-order valence-corrected chi connectivity index (χ2v) is 6.10. The third-order valence-corrected chi connectivity index (χ3v) is 4.27. The lowest BCUT2D eigenvalue weighted by Crippen LogP contribution is -2.48. The van der Waals surface area contributed by atoms with E-state index >= 15 is 0 Å². The smallest absolute Gasteiger partial charge is 0.248 e. The number of hydrogen-bond donors (Lipinski definition) is 1. The Morgan fingerprint density at radius 2 is 2.20 bits per heavy atom. The summed E-state index contributed by atoms with van der Waals surface area (Å²) in [5.41, 5.74) is 6.84. The maximum absolute atomic E-state index is 11.4. The van der Waals surface area contributed by atoms with Gasteiger partial charge in [0.1, 0.15) is 17.2 Å². The van der Waals surface area contributed by atoms with E-state index in [1.54, 1.807) is 30.7 Å². The van der Waals surface area contributed by atoms with E-state index in [4.69, 9.17) is 22.1 Å². The molecule has 0 spiro atoms. The number of anilines is 1. The minimum atomic E-state index is -0.637. The van der Waals surface area contributed by atoms with Crippen LogP contribution in [0.4, 0.5) is 5.82 Å². The molecular formula is C16H15ClN6O2. The molecule has 0 aliphatic carbocycles. The lowest BCUT2D eigenvalue weighted by molar-refractivity contribution is -0.130. The molecule has 1 saturated heterocycles. The molecule has 0 bridgehead atoms. The number of nitrogens with two attached hydrogens (primary N) is 1. The fourth-order valence-corrected chi connectivity index (χ4v) is 2.96. The fourth-order valence-electron chi connectivity index (χ4n) is 2.80. The van der Waals surface area contributed by atoms with E-state index in [0.29, 0.717) is 36.4 Å². The van der Waals surface area contributed by atoms with Gasteiger partial charge in [-0.2, -0.15) is 0 Å². The first-order valence-corrected chi connectivity index (χ1v) is 8.11. The zero-order valence-corrected chi connectivity index (χ0v) is 13.9. The Labute approximate surface area is 148 Å². The van der Waals surface area contributed by atoms with Crippen LogP contribution in [-0.2, 0) is 9.53 Å². The number of carbonyl (C=O) groups is 1. The van der Waals surface area contributed by atoms with Gasteiger partial charge in [-0.25, -0.2) is 15.0 Å². The van der Waals surface area contributed by atoms with Gasteiger partial charge in [0.2, 0.25) is 5.91 Å². The van der Waals surface area contributed by atoms with Gasteiger partial charge in [-0.05, 0) is 18.2 Å². The van der Waals surface area contributed by atoms with E-state index in [0.717, 1.165) is 11.3 Å². The van der Waals surface area contributed by atoms with Crippen LogP contribution >= 0.6 is 11.6 Å². The summed E-state index contributed by atoms with van der Waals surface area (Å²) in [6, 6.07) is 5.40. The first kappa shape index (κ1) is 15.8. The molecule has 1 aliphatic rings. The number of aromatic nitrogens is 4. The number of amides is 1. The Morgan fingerprint density at radius 1 is 1.32 bits per heavy atom. The fraction of sp³-hybridized carbons (Fsp3) is 0.250. The van der Waals surface area contributed by atoms with Crippen molar-refractivity contribution >= 4 is 29.0 Å². The summed E-state index contributed by atoms with van der Waals surface area (Å²) in [4.78, 5) is 26.6. The van der Waals surface area contributed by atoms with Gasteiger partial charge in [-0.1, -0.05) is 11.6 Å². The van der Waals surface area contributed by atoms with Crippen molar-refractivity contribution in [2.75, 3.05) is 24.6 Å². The quantitative estimate of drug-likeness (QED) is 0.753. The second kappa shape index (κ2) is 6.30. The molecule has 25 heavy (non-hydrogen) atoms. The van der Waals surface area contributed by atoms with Gasteiger partial charge in [0.15, 0.2) is 11.9 Å². The molecule has 128 valence electrons. The number of carbonyl (C=O) groups excluding carboxylic acids is 1. The van der Waals surface area contributed by atoms with Crippen LogP contribution < -0.4 is 10.6 Å². The lowest BCUT2D eigenvalue weighted by atomic mass is 10.2. The molecule has 8 nitrogen and oxygen atoms in total. The van der Waals surface area contributed by atoms with Crippen molar-refractivity contribution in [2.45, 2.75) is 6.10 Å². The molecule has 1 aliphatic heterocycles. The molecule has 0 saturated carbocycles. The molecule has 1 fully saturated rings. The average Bonchev–Trinajstić information content (AvgIpc) is 3.05. The van der Waals surface area contributed by atoms with Gasteiger partial charge in [0.25, 0.3) is 0 Å². The minimum Gasteiger partial charge on any atom is -0.367 e. The summed E-state index contributed by atoms with van der Waals surface area (Å²) in [5, 5.41) is 0.598. The molecule has 0 radical (unpaired) electrons. The predicted octanol–water partition coefficient (Wildman–Crippen LogP) is 1.14. The van der Waals surface area contributed by atoms with Crippen LogP contribution in [0.2, 0.25) is 5.02 Å². The largest absolute Gasteiger partial charge is 0.367 e. The van der Waals surface area contributed by atoms with Gasteiger partial charge in [0.05, 0.1) is 24.4 Å². The lowest BCUT2D eigenvalue weighted by Gasteiger charge is -2.32. The topological polar surface area (TPSA) is 98.6 Å². The predicted molar refractivity (Wildman–Crippen MR) is 92.4 cm³/mol. The zero-order valence-electron chi connectivity index (χ0n) is 13.2. The zero-order chi connectivity index (χ0) is 17.4. The molecule has 0 aromatic carbocycles. The molecule has 1 unspecified atom stereocenters. The Morgan fingerprint density at radius 3 is 3.04 bits per heavy atom. The summed E-state index contributed by atoms with van der Waals surface area (Å²) < 4.78 is 7.22. The Balaban J connectivity index is 1.69. The highest BCUT2D eigenvalue weighted by Gasteiger charge is 2.26. The molecule has 3 aromatic rings. The van der Waals surface area contributed by atoms with E-state index in [2.05, 4.69) is 15.0 Å². The van der Waals surface area contributed by atoms with Gasteiger partial charge >= 0.3 is 0 Å². The summed E-state index contributed by atoms with van der Waals surface area (Å²) >= 11 is 6.08. The standard InChI is InChI=1S/C16H15ClN6O2/c17-10-1-2-13-20-7-11(23(13)8-10)16-19-4-3-14(21-16)22-5-6-25-12(9-22)15(18)24/h1-4,7-8,12H,5-6,9H2,(H2,18,24). The highest BCUT2D eigenvalue weighted by atomic mass is 35.5. The number of ether oxygens (including phenoxy) is 1. The number of morpholine rings is 1. The van der Waals surface area contributed by atoms with Gasteiger partial charge in [0, 0.05) is 18.9 Å². The summed E-state index contributed by atoms with van der Waals surface area (Å²) in [5.74, 6) is 0.751. The van der Waals surface area contributed by atoms with Crippen LogP contribution in [0.5, 0.6) is 0 Å². The number of primary amides is 1. The number of imidazole rings is 1. The second-order valence-electron chi connectivity index (χ2n) is 5.67. The SMILES string of the molecule is NC(=O)C1CN(c2ccnc(-c3cnc4ccc(Cl)cn34)n2)CCO1. The summed E-state index contributed by atoms with van der Waals surface area (Å²) in [6.45, 7) is 1.40. The van der Waals surface area contributed by atoms with Gasteiger partial charge in [-0.3, -0.25) is 9.20 Å². The van der Waals surface area contributed by atoms with Gasteiger partial charge in [-0.15, -0.1) is 0 Å². The Kier molecular flexibility index (Phi) is 3.98. The normalized spacial score (nSPS) is 17.8. The Hall–Kier alpha value is -2.71. The van der Waals surface area contributed by atoms with Crippen LogP contribution in [0.25, 0.3) is 17.2 Å². The minimum absolute atomic E-state index is 0.366. The van der Waals surface area contributed by atoms with E-state index in [9.17, 15) is 4.79 Å². The average molecular weight is 359 g/mol. The van der Waals surface area contributed by atoms with Crippen LogP contribution in [0.1, 0.15) is 0 Å². The summed E-state index contributed by atoms with van der Waals surface area (Å²) in [7, 11) is 0. The first-order chi connectivity index (χ1) is 12.1. The molecular weight excluding hydrogens is 344 g/mol. The van der Waals surface area contributed by atoms with Crippen molar-refractivity contribution in [3.8, 4) is 11.5 Å². The van der Waals surface area contributed by atoms with Crippen molar-refractivity contribution < 1.29 is 9.53 Å². The van der Waals surface area contributed by atoms with E-state index in [1.807, 2.05) is 15.4 Å². The van der Waals surface area contributed by atoms with Crippen molar-refractivity contribution in [3.05, 3.63) is 41.8 Å². The number of fused-ring (bicyclic) bond motifs is 1. The monoisotopic (exact) mass is 358 g/mol. The number of nitrogens with zero attached hydrogens (tertiary/aromatic N) is 5. The molecule has 1 atom stereocenters. The van der Waals surface area contributed by atoms with Crippen LogP contribution in [-0.4, -0.2) is 51.1 Å². The number of hydrogen-bond acceptors (Lipinski definition) is 6. The Bertz CT molecular complexity index is 943. The highest BCUT2D eigenvalue weighted by molar-refractivity contribution is 6.30. The molecule has 2 N–H and O–H groups in total. The van der Waals surface area contributed by atoms with Crippen molar-refractivity contribution in [2.24, 2.45) is 5.73 Å². The van der Waals surface area contributed by atoms with E-state index in [-0.39, 0.29) is 0 Å².